The number of hydrogen-bond donors (Lipinski definition) is 2. The fourth-order valence-corrected chi connectivity index (χ4v) is 4.75. The molecule has 2 rings (SSSR count). The van der Waals surface area contributed by atoms with Crippen LogP contribution < -0.4 is 10.6 Å². The number of aromatic nitrogens is 3. The molecule has 0 spiro atoms. The molecule has 2 unspecified atom stereocenters. The average molecular weight is 490 g/mol. The van der Waals surface area contributed by atoms with Gasteiger partial charge in [0.2, 0.25) is 11.8 Å². The molecule has 2 amide bonds. The molecule has 8 heteroatoms. The maximum absolute atomic E-state index is 12.9. The van der Waals surface area contributed by atoms with E-state index in [0.29, 0.717) is 31.7 Å². The van der Waals surface area contributed by atoms with Gasteiger partial charge in [0.1, 0.15) is 6.29 Å². The van der Waals surface area contributed by atoms with Crippen LogP contribution >= 0.6 is 0 Å². The summed E-state index contributed by atoms with van der Waals surface area (Å²) in [5, 5.41) is 14.1. The molecule has 1 aromatic rings. The molecule has 1 aliphatic carbocycles. The molecule has 1 fully saturated rings. The number of carbonyl (C=O) groups excluding carboxylic acids is 3. The van der Waals surface area contributed by atoms with Crippen LogP contribution in [0.25, 0.3) is 0 Å². The molecular formula is C27H47N5O3. The Kier molecular flexibility index (Phi) is 13.6. The Bertz CT molecular complexity index is 764. The van der Waals surface area contributed by atoms with Gasteiger partial charge < -0.3 is 15.4 Å². The summed E-state index contributed by atoms with van der Waals surface area (Å²) in [5.74, 6) is 0.581. The lowest BCUT2D eigenvalue weighted by Crippen LogP contribution is -2.40. The van der Waals surface area contributed by atoms with E-state index >= 15 is 0 Å². The smallest absolute Gasteiger partial charge is 0.223 e. The summed E-state index contributed by atoms with van der Waals surface area (Å²) < 4.78 is 1.79. The van der Waals surface area contributed by atoms with Gasteiger partial charge in [0.25, 0.3) is 0 Å². The predicted molar refractivity (Wildman–Crippen MR) is 138 cm³/mol. The molecule has 198 valence electrons. The van der Waals surface area contributed by atoms with Gasteiger partial charge >= 0.3 is 0 Å². The molecule has 8 nitrogen and oxygen atoms in total. The monoisotopic (exact) mass is 489 g/mol. The van der Waals surface area contributed by atoms with Crippen molar-refractivity contribution in [2.75, 3.05) is 6.54 Å². The Morgan fingerprint density at radius 1 is 1.11 bits per heavy atom. The molecule has 0 bridgehead atoms. The van der Waals surface area contributed by atoms with Crippen LogP contribution in [-0.4, -0.2) is 45.7 Å². The lowest BCUT2D eigenvalue weighted by atomic mass is 9.88. The van der Waals surface area contributed by atoms with E-state index in [1.807, 2.05) is 20.0 Å². The van der Waals surface area contributed by atoms with Gasteiger partial charge in [-0.05, 0) is 51.9 Å². The second-order valence-electron chi connectivity index (χ2n) is 10.6. The highest BCUT2D eigenvalue weighted by molar-refractivity contribution is 5.81. The third-order valence-corrected chi connectivity index (χ3v) is 7.01. The average Bonchev–Trinajstić information content (AvgIpc) is 3.30. The van der Waals surface area contributed by atoms with Crippen molar-refractivity contribution < 1.29 is 14.4 Å². The maximum Gasteiger partial charge on any atom is 0.223 e. The summed E-state index contributed by atoms with van der Waals surface area (Å²) in [6.07, 6.45) is 16.3. The summed E-state index contributed by atoms with van der Waals surface area (Å²) in [6, 6.07) is -0.195. The van der Waals surface area contributed by atoms with E-state index in [4.69, 9.17) is 0 Å². The van der Waals surface area contributed by atoms with Crippen molar-refractivity contribution in [3.05, 3.63) is 11.9 Å². The van der Waals surface area contributed by atoms with Crippen molar-refractivity contribution in [1.29, 1.82) is 0 Å². The van der Waals surface area contributed by atoms with Crippen molar-refractivity contribution in [3.8, 4) is 0 Å². The highest BCUT2D eigenvalue weighted by Crippen LogP contribution is 2.25. The minimum atomic E-state index is -0.449. The van der Waals surface area contributed by atoms with Gasteiger partial charge in [-0.15, -0.1) is 5.10 Å². The first-order valence-electron chi connectivity index (χ1n) is 13.8. The second kappa shape index (κ2) is 16.4. The number of carbonyl (C=O) groups is 3. The third kappa shape index (κ3) is 11.8. The van der Waals surface area contributed by atoms with Gasteiger partial charge in [-0.3, -0.25) is 9.59 Å². The molecule has 1 aromatic heterocycles. The van der Waals surface area contributed by atoms with E-state index < -0.39 is 6.04 Å². The first kappa shape index (κ1) is 29.0. The van der Waals surface area contributed by atoms with Crippen molar-refractivity contribution in [3.63, 3.8) is 0 Å². The molecular weight excluding hydrogens is 442 g/mol. The van der Waals surface area contributed by atoms with Crippen molar-refractivity contribution in [2.24, 2.45) is 11.8 Å². The van der Waals surface area contributed by atoms with Crippen LogP contribution in [0.2, 0.25) is 0 Å². The Labute approximate surface area is 211 Å². The van der Waals surface area contributed by atoms with Crippen LogP contribution in [0.5, 0.6) is 0 Å². The zero-order chi connectivity index (χ0) is 25.5. The van der Waals surface area contributed by atoms with E-state index in [1.54, 1.807) is 4.68 Å². The van der Waals surface area contributed by atoms with Crippen LogP contribution in [0.4, 0.5) is 0 Å². The van der Waals surface area contributed by atoms with E-state index in [0.717, 1.165) is 44.1 Å². The van der Waals surface area contributed by atoms with Crippen LogP contribution in [0.15, 0.2) is 6.20 Å². The van der Waals surface area contributed by atoms with Crippen LogP contribution in [0.3, 0.4) is 0 Å². The van der Waals surface area contributed by atoms with Gasteiger partial charge in [-0.25, -0.2) is 4.68 Å². The number of rotatable bonds is 12. The Morgan fingerprint density at radius 2 is 1.83 bits per heavy atom. The van der Waals surface area contributed by atoms with Crippen molar-refractivity contribution in [1.82, 2.24) is 25.6 Å². The predicted octanol–water partition coefficient (Wildman–Crippen LogP) is 4.54. The molecule has 0 saturated heterocycles. The first-order chi connectivity index (χ1) is 16.9. The van der Waals surface area contributed by atoms with Gasteiger partial charge in [0.15, 0.2) is 0 Å². The number of nitrogens with zero attached hydrogens (tertiary/aromatic N) is 3. The standard InChI is InChI=1S/C27H47N5O3/c1-21(2)32-19-24(30-31-32)15-16-26(34)28-17-11-10-14-25(20-33)29-27(35)23-13-9-7-5-4-6-8-12-22(3)18-23/h19-23,25H,4-18H2,1-3H3,(H,28,34)(H,29,35)/t22?,23?,25-/m0/s1. The summed E-state index contributed by atoms with van der Waals surface area (Å²) in [6.45, 7) is 6.89. The van der Waals surface area contributed by atoms with Gasteiger partial charge in [0, 0.05) is 37.5 Å². The number of aryl methyl sites for hydroxylation is 1. The van der Waals surface area contributed by atoms with Gasteiger partial charge in [-0.2, -0.15) is 0 Å². The number of nitrogens with one attached hydrogen (secondary N) is 2. The molecule has 3 atom stereocenters. The highest BCUT2D eigenvalue weighted by atomic mass is 16.2. The highest BCUT2D eigenvalue weighted by Gasteiger charge is 2.23. The molecule has 0 aromatic carbocycles. The summed E-state index contributed by atoms with van der Waals surface area (Å²) in [5.41, 5.74) is 0.818. The maximum atomic E-state index is 12.9. The lowest BCUT2D eigenvalue weighted by molar-refractivity contribution is -0.128. The van der Waals surface area contributed by atoms with E-state index in [2.05, 4.69) is 27.9 Å². The first-order valence-corrected chi connectivity index (χ1v) is 13.8. The quantitative estimate of drug-likeness (QED) is 0.331. The zero-order valence-electron chi connectivity index (χ0n) is 22.1. The summed E-state index contributed by atoms with van der Waals surface area (Å²) in [4.78, 5) is 36.6. The molecule has 35 heavy (non-hydrogen) atoms. The Hall–Kier alpha value is -2.25. The fraction of sp³-hybridized carbons (Fsp3) is 0.815. The molecule has 0 aliphatic heterocycles. The summed E-state index contributed by atoms with van der Waals surface area (Å²) >= 11 is 0. The number of aldehydes is 1. The number of amides is 2. The van der Waals surface area contributed by atoms with Crippen LogP contribution in [-0.2, 0) is 20.8 Å². The van der Waals surface area contributed by atoms with Crippen LogP contribution in [0, 0.1) is 11.8 Å². The molecule has 1 saturated carbocycles. The zero-order valence-corrected chi connectivity index (χ0v) is 22.1. The van der Waals surface area contributed by atoms with Crippen LogP contribution in [0.1, 0.15) is 116 Å². The van der Waals surface area contributed by atoms with E-state index in [1.165, 1.54) is 38.5 Å². The topological polar surface area (TPSA) is 106 Å². The normalized spacial score (nSPS) is 20.6. The minimum Gasteiger partial charge on any atom is -0.356 e. The Balaban J connectivity index is 1.64. The molecule has 1 heterocycles. The molecule has 2 N–H and O–H groups in total. The van der Waals surface area contributed by atoms with Crippen molar-refractivity contribution >= 4 is 18.1 Å². The number of hydrogen-bond acceptors (Lipinski definition) is 5. The second-order valence-corrected chi connectivity index (χ2v) is 10.6. The van der Waals surface area contributed by atoms with E-state index in [-0.39, 0.29) is 23.8 Å². The third-order valence-electron chi connectivity index (χ3n) is 7.01. The van der Waals surface area contributed by atoms with E-state index in [9.17, 15) is 14.4 Å². The largest absolute Gasteiger partial charge is 0.356 e. The molecule has 1 aliphatic rings. The van der Waals surface area contributed by atoms with Gasteiger partial charge in [-0.1, -0.05) is 57.1 Å². The SMILES string of the molecule is CC1CCCCCCCCC(C(=O)N[C@H](C=O)CCCCNC(=O)CCc2cn(C(C)C)nn2)C1. The minimum absolute atomic E-state index is 0.00646. The molecule has 0 radical (unpaired) electrons. The lowest BCUT2D eigenvalue weighted by Gasteiger charge is -2.22. The number of unbranched alkanes of at least 4 members (excludes halogenated alkanes) is 1. The Morgan fingerprint density at radius 3 is 2.51 bits per heavy atom. The van der Waals surface area contributed by atoms with Gasteiger partial charge in [0.05, 0.1) is 11.7 Å². The fourth-order valence-electron chi connectivity index (χ4n) is 4.75. The summed E-state index contributed by atoms with van der Waals surface area (Å²) in [7, 11) is 0. The van der Waals surface area contributed by atoms with Crippen molar-refractivity contribution in [2.45, 2.75) is 123 Å².